The van der Waals surface area contributed by atoms with Crippen LogP contribution in [0.1, 0.15) is 52.0 Å². The Balaban J connectivity index is 2.16. The van der Waals surface area contributed by atoms with Crippen molar-refractivity contribution >= 4 is 23.4 Å². The number of allylic oxidation sites excluding steroid dienone is 3. The number of methoxy groups -OCH3 is 1. The first kappa shape index (κ1) is 24.6. The van der Waals surface area contributed by atoms with Gasteiger partial charge in [-0.1, -0.05) is 26.0 Å². The first-order valence-corrected chi connectivity index (χ1v) is 11.4. The van der Waals surface area contributed by atoms with Crippen molar-refractivity contribution in [2.75, 3.05) is 26.1 Å². The predicted octanol–water partition coefficient (Wildman–Crippen LogP) is 3.71. The number of anilines is 1. The highest BCUT2D eigenvalue weighted by Gasteiger charge is 2.47. The van der Waals surface area contributed by atoms with E-state index in [0.717, 1.165) is 16.9 Å². The van der Waals surface area contributed by atoms with Crippen molar-refractivity contribution in [1.82, 2.24) is 5.32 Å². The largest absolute Gasteiger partial charge is 0.468 e. The molecule has 0 amide bonds. The molecule has 2 aliphatic rings. The van der Waals surface area contributed by atoms with Gasteiger partial charge in [-0.2, -0.15) is 0 Å². The van der Waals surface area contributed by atoms with Crippen molar-refractivity contribution in [2.45, 2.75) is 52.6 Å². The Kier molecular flexibility index (Phi) is 7.30. The molecule has 0 saturated carbocycles. The van der Waals surface area contributed by atoms with Crippen molar-refractivity contribution in [3.05, 3.63) is 52.4 Å². The van der Waals surface area contributed by atoms with Crippen LogP contribution in [0.25, 0.3) is 0 Å². The van der Waals surface area contributed by atoms with Gasteiger partial charge in [0.2, 0.25) is 0 Å². The van der Waals surface area contributed by atoms with Gasteiger partial charge < -0.3 is 19.7 Å². The minimum atomic E-state index is -0.899. The molecule has 7 heteroatoms. The molecule has 1 aromatic carbocycles. The van der Waals surface area contributed by atoms with E-state index >= 15 is 0 Å². The number of carbonyl (C=O) groups excluding carboxylic acids is 3. The van der Waals surface area contributed by atoms with Crippen LogP contribution >= 0.6 is 0 Å². The Morgan fingerprint density at radius 3 is 2.39 bits per heavy atom. The Morgan fingerprint density at radius 2 is 1.85 bits per heavy atom. The van der Waals surface area contributed by atoms with E-state index in [-0.39, 0.29) is 17.8 Å². The van der Waals surface area contributed by atoms with Crippen LogP contribution in [-0.4, -0.2) is 45.0 Å². The number of benzene rings is 1. The second kappa shape index (κ2) is 9.81. The highest BCUT2D eigenvalue weighted by atomic mass is 16.5. The molecule has 33 heavy (non-hydrogen) atoms. The zero-order valence-electron chi connectivity index (χ0n) is 20.5. The number of dihydropyridines is 1. The van der Waals surface area contributed by atoms with Crippen LogP contribution in [0.5, 0.6) is 0 Å². The summed E-state index contributed by atoms with van der Waals surface area (Å²) in [4.78, 5) is 41.5. The van der Waals surface area contributed by atoms with Gasteiger partial charge >= 0.3 is 11.9 Å². The number of hydrogen-bond acceptors (Lipinski definition) is 7. The Hall–Kier alpha value is -3.09. The number of nitrogens with zero attached hydrogens (tertiary/aromatic N) is 1. The van der Waals surface area contributed by atoms with Crippen molar-refractivity contribution in [3.63, 3.8) is 0 Å². The van der Waals surface area contributed by atoms with Crippen LogP contribution in [0.4, 0.5) is 5.69 Å². The van der Waals surface area contributed by atoms with E-state index in [1.807, 2.05) is 71.0 Å². The summed E-state index contributed by atoms with van der Waals surface area (Å²) in [5.74, 6) is -3.04. The van der Waals surface area contributed by atoms with Crippen LogP contribution in [-0.2, 0) is 23.9 Å². The maximum atomic E-state index is 13.7. The Morgan fingerprint density at radius 1 is 1.21 bits per heavy atom. The van der Waals surface area contributed by atoms with Gasteiger partial charge in [-0.05, 0) is 50.3 Å². The number of carbonyl (C=O) groups is 3. The molecule has 0 bridgehead atoms. The van der Waals surface area contributed by atoms with Crippen molar-refractivity contribution in [1.29, 1.82) is 0 Å². The molecule has 0 radical (unpaired) electrons. The van der Waals surface area contributed by atoms with Crippen LogP contribution in [0, 0.1) is 11.8 Å². The lowest BCUT2D eigenvalue weighted by Crippen LogP contribution is -2.43. The third-order valence-electron chi connectivity index (χ3n) is 6.59. The number of esters is 2. The van der Waals surface area contributed by atoms with E-state index in [4.69, 9.17) is 9.47 Å². The predicted molar refractivity (Wildman–Crippen MR) is 127 cm³/mol. The maximum absolute atomic E-state index is 13.7. The average molecular weight is 455 g/mol. The molecule has 0 fully saturated rings. The quantitative estimate of drug-likeness (QED) is 0.518. The van der Waals surface area contributed by atoms with Gasteiger partial charge in [-0.3, -0.25) is 9.59 Å². The monoisotopic (exact) mass is 454 g/mol. The molecule has 7 nitrogen and oxygen atoms in total. The summed E-state index contributed by atoms with van der Waals surface area (Å²) in [5.41, 5.74) is 4.08. The smallest absolute Gasteiger partial charge is 0.337 e. The van der Waals surface area contributed by atoms with Gasteiger partial charge in [0, 0.05) is 42.7 Å². The molecule has 3 rings (SSSR count). The fourth-order valence-corrected chi connectivity index (χ4v) is 4.58. The van der Waals surface area contributed by atoms with Crippen LogP contribution in [0.2, 0.25) is 0 Å². The number of ether oxygens (including phenoxy) is 2. The second-order valence-electron chi connectivity index (χ2n) is 9.15. The van der Waals surface area contributed by atoms with E-state index in [0.29, 0.717) is 29.7 Å². The molecule has 1 aliphatic carbocycles. The van der Waals surface area contributed by atoms with Gasteiger partial charge in [-0.15, -0.1) is 0 Å². The maximum Gasteiger partial charge on any atom is 0.337 e. The minimum absolute atomic E-state index is 0.214. The molecule has 178 valence electrons. The highest BCUT2D eigenvalue weighted by Crippen LogP contribution is 2.45. The highest BCUT2D eigenvalue weighted by molar-refractivity contribution is 6.12. The molecule has 0 unspecified atom stereocenters. The molecular weight excluding hydrogens is 420 g/mol. The minimum Gasteiger partial charge on any atom is -0.468 e. The van der Waals surface area contributed by atoms with Gasteiger partial charge in [0.25, 0.3) is 0 Å². The summed E-state index contributed by atoms with van der Waals surface area (Å²) in [5, 5.41) is 3.29. The molecular formula is C26H34N2O5. The summed E-state index contributed by atoms with van der Waals surface area (Å²) < 4.78 is 10.6. The SMILES string of the molecule is CC[C@H](C)OC(=O)C1=C(C)NC2=C(C(=O)[C@H](C(=O)OC)[C@H](C)C2)[C@H]1c1ccc(N(C)C)cc1. The summed E-state index contributed by atoms with van der Waals surface area (Å²) >= 11 is 0. The van der Waals surface area contributed by atoms with Gasteiger partial charge in [0.05, 0.1) is 18.8 Å². The van der Waals surface area contributed by atoms with Crippen LogP contribution in [0.15, 0.2) is 46.8 Å². The summed E-state index contributed by atoms with van der Waals surface area (Å²) in [7, 11) is 5.19. The van der Waals surface area contributed by atoms with Crippen LogP contribution < -0.4 is 10.2 Å². The van der Waals surface area contributed by atoms with E-state index < -0.39 is 23.8 Å². The van der Waals surface area contributed by atoms with Crippen molar-refractivity contribution in [2.24, 2.45) is 11.8 Å². The normalized spacial score (nSPS) is 23.5. The third kappa shape index (κ3) is 4.68. The topological polar surface area (TPSA) is 84.9 Å². The number of hydrogen-bond donors (Lipinski definition) is 1. The van der Waals surface area contributed by atoms with E-state index in [1.165, 1.54) is 7.11 Å². The second-order valence-corrected chi connectivity index (χ2v) is 9.15. The van der Waals surface area contributed by atoms with E-state index in [9.17, 15) is 14.4 Å². The number of Topliss-reactive ketones (excluding diaryl/α,β-unsaturated/α-hetero) is 1. The first-order chi connectivity index (χ1) is 15.6. The average Bonchev–Trinajstić information content (AvgIpc) is 2.77. The molecule has 1 aromatic rings. The Bertz CT molecular complexity index is 1010. The number of ketones is 1. The molecule has 4 atom stereocenters. The standard InChI is InChI=1S/C26H34N2O5/c1-8-15(3)33-26(31)21-16(4)27-19-13-14(2)20(25(30)32-7)24(29)23(19)22(21)17-9-11-18(12-10-17)28(5)6/h9-12,14-15,20,22,27H,8,13H2,1-7H3/t14-,15+,20-,22+/m1/s1. The zero-order chi connectivity index (χ0) is 24.4. The Labute approximate surface area is 195 Å². The van der Waals surface area contributed by atoms with E-state index in [1.54, 1.807) is 0 Å². The van der Waals surface area contributed by atoms with E-state index in [2.05, 4.69) is 5.32 Å². The van der Waals surface area contributed by atoms with Crippen LogP contribution in [0.3, 0.4) is 0 Å². The van der Waals surface area contributed by atoms with Crippen molar-refractivity contribution < 1.29 is 23.9 Å². The number of nitrogens with one attached hydrogen (secondary N) is 1. The fraction of sp³-hybridized carbons (Fsp3) is 0.500. The van der Waals surface area contributed by atoms with Crippen molar-refractivity contribution in [3.8, 4) is 0 Å². The first-order valence-electron chi connectivity index (χ1n) is 11.4. The fourth-order valence-electron chi connectivity index (χ4n) is 4.58. The lowest BCUT2D eigenvalue weighted by atomic mass is 9.69. The molecule has 0 aromatic heterocycles. The summed E-state index contributed by atoms with van der Waals surface area (Å²) in [6.45, 7) is 7.50. The van der Waals surface area contributed by atoms with Gasteiger partial charge in [-0.25, -0.2) is 4.79 Å². The molecule has 1 heterocycles. The molecule has 1 aliphatic heterocycles. The molecule has 0 saturated heterocycles. The summed E-state index contributed by atoms with van der Waals surface area (Å²) in [6, 6.07) is 7.77. The molecule has 0 spiro atoms. The summed E-state index contributed by atoms with van der Waals surface area (Å²) in [6.07, 6.45) is 0.940. The molecule has 1 N–H and O–H groups in total. The zero-order valence-corrected chi connectivity index (χ0v) is 20.5. The third-order valence-corrected chi connectivity index (χ3v) is 6.59. The number of rotatable bonds is 6. The van der Waals surface area contributed by atoms with Gasteiger partial charge in [0.1, 0.15) is 5.92 Å². The lowest BCUT2D eigenvalue weighted by Gasteiger charge is -2.38. The van der Waals surface area contributed by atoms with Gasteiger partial charge in [0.15, 0.2) is 5.78 Å². The lowest BCUT2D eigenvalue weighted by molar-refractivity contribution is -0.151.